The van der Waals surface area contributed by atoms with Crippen molar-refractivity contribution in [1.29, 1.82) is 0 Å². The zero-order chi connectivity index (χ0) is 19.4. The van der Waals surface area contributed by atoms with Gasteiger partial charge in [-0.1, -0.05) is 37.3 Å². The number of rotatable bonds is 8. The lowest BCUT2D eigenvalue weighted by molar-refractivity contribution is -0.159. The molecule has 0 saturated heterocycles. The third kappa shape index (κ3) is 5.85. The van der Waals surface area contributed by atoms with Gasteiger partial charge < -0.3 is 9.84 Å². The Morgan fingerprint density at radius 2 is 2.00 bits per heavy atom. The average molecular weight is 349 g/mol. The molecule has 3 nitrogen and oxygen atoms in total. The van der Waals surface area contributed by atoms with Crippen LogP contribution >= 0.6 is 0 Å². The molecule has 0 heterocycles. The maximum atomic E-state index is 11.3. The van der Waals surface area contributed by atoms with Crippen molar-refractivity contribution in [2.45, 2.75) is 78.4 Å². The van der Waals surface area contributed by atoms with E-state index in [1.54, 1.807) is 13.8 Å². The zero-order valence-electron chi connectivity index (χ0n) is 16.7. The van der Waals surface area contributed by atoms with Crippen molar-refractivity contribution in [1.82, 2.24) is 0 Å². The monoisotopic (exact) mass is 348 g/mol. The van der Waals surface area contributed by atoms with Crippen LogP contribution in [0.2, 0.25) is 0 Å². The average Bonchev–Trinajstić information content (AvgIpc) is 2.49. The second kappa shape index (κ2) is 8.35. The van der Waals surface area contributed by atoms with Gasteiger partial charge in [0.05, 0.1) is 5.60 Å². The Balaban J connectivity index is 2.73. The van der Waals surface area contributed by atoms with Crippen LogP contribution in [0.15, 0.2) is 37.0 Å². The van der Waals surface area contributed by atoms with E-state index in [0.29, 0.717) is 18.3 Å². The molecule has 1 fully saturated rings. The molecular weight excluding hydrogens is 312 g/mol. The fourth-order valence-corrected chi connectivity index (χ4v) is 3.99. The fraction of sp³-hybridized carbons (Fsp3) is 0.682. The smallest absolute Gasteiger partial charge is 0.303 e. The first kappa shape index (κ1) is 21.7. The molecule has 0 bridgehead atoms. The van der Waals surface area contributed by atoms with Gasteiger partial charge in [0.1, 0.15) is 6.10 Å². The Labute approximate surface area is 153 Å². The highest BCUT2D eigenvalue weighted by molar-refractivity contribution is 5.66. The second-order valence-electron chi connectivity index (χ2n) is 8.53. The molecule has 1 N–H and O–H groups in total. The Morgan fingerprint density at radius 1 is 1.40 bits per heavy atom. The summed E-state index contributed by atoms with van der Waals surface area (Å²) in [6.45, 7) is 21.6. The molecule has 0 spiro atoms. The zero-order valence-corrected chi connectivity index (χ0v) is 16.7. The normalized spacial score (nSPS) is 28.1. The van der Waals surface area contributed by atoms with Gasteiger partial charge in [-0.3, -0.25) is 4.79 Å². The molecule has 1 aliphatic carbocycles. The molecule has 25 heavy (non-hydrogen) atoms. The van der Waals surface area contributed by atoms with Crippen LogP contribution in [0.1, 0.15) is 66.7 Å². The topological polar surface area (TPSA) is 46.5 Å². The van der Waals surface area contributed by atoms with E-state index < -0.39 is 11.7 Å². The Morgan fingerprint density at radius 3 is 2.44 bits per heavy atom. The summed E-state index contributed by atoms with van der Waals surface area (Å²) in [5.41, 5.74) is 1.43. The van der Waals surface area contributed by atoms with E-state index in [-0.39, 0.29) is 11.4 Å². The van der Waals surface area contributed by atoms with Gasteiger partial charge in [0.15, 0.2) is 0 Å². The second-order valence-corrected chi connectivity index (χ2v) is 8.53. The van der Waals surface area contributed by atoms with Gasteiger partial charge in [-0.25, -0.2) is 0 Å². The highest BCUT2D eigenvalue weighted by Crippen LogP contribution is 2.49. The van der Waals surface area contributed by atoms with Crippen molar-refractivity contribution in [3.8, 4) is 0 Å². The molecule has 0 radical (unpaired) electrons. The molecule has 0 aromatic heterocycles. The molecule has 1 aliphatic rings. The van der Waals surface area contributed by atoms with Crippen LogP contribution in [0.5, 0.6) is 0 Å². The minimum Gasteiger partial charge on any atom is -0.460 e. The van der Waals surface area contributed by atoms with E-state index >= 15 is 0 Å². The molecule has 1 rings (SSSR count). The van der Waals surface area contributed by atoms with E-state index in [1.807, 2.05) is 0 Å². The first-order valence-corrected chi connectivity index (χ1v) is 9.27. The van der Waals surface area contributed by atoms with E-state index in [9.17, 15) is 9.90 Å². The van der Waals surface area contributed by atoms with Gasteiger partial charge in [0.2, 0.25) is 0 Å². The van der Waals surface area contributed by atoms with E-state index in [1.165, 1.54) is 18.1 Å². The van der Waals surface area contributed by atoms with Crippen molar-refractivity contribution in [2.75, 3.05) is 0 Å². The summed E-state index contributed by atoms with van der Waals surface area (Å²) in [6.07, 6.45) is 6.12. The van der Waals surface area contributed by atoms with E-state index in [4.69, 9.17) is 4.74 Å². The lowest BCUT2D eigenvalue weighted by atomic mass is 9.61. The summed E-state index contributed by atoms with van der Waals surface area (Å²) >= 11 is 0. The van der Waals surface area contributed by atoms with Crippen LogP contribution < -0.4 is 0 Å². The number of esters is 1. The Bertz CT molecular complexity index is 526. The van der Waals surface area contributed by atoms with Gasteiger partial charge in [-0.2, -0.15) is 0 Å². The van der Waals surface area contributed by atoms with Gasteiger partial charge in [0.25, 0.3) is 0 Å². The summed E-state index contributed by atoms with van der Waals surface area (Å²) in [4.78, 5) is 11.3. The number of hydrogen-bond donors (Lipinski definition) is 1. The molecule has 142 valence electrons. The fourth-order valence-electron chi connectivity index (χ4n) is 3.99. The van der Waals surface area contributed by atoms with E-state index in [2.05, 4.69) is 39.7 Å². The van der Waals surface area contributed by atoms with Gasteiger partial charge in [-0.15, -0.1) is 6.58 Å². The van der Waals surface area contributed by atoms with Crippen molar-refractivity contribution >= 4 is 5.97 Å². The summed E-state index contributed by atoms with van der Waals surface area (Å²) < 4.78 is 5.30. The van der Waals surface area contributed by atoms with Gasteiger partial charge in [-0.05, 0) is 70.1 Å². The summed E-state index contributed by atoms with van der Waals surface area (Å²) in [5, 5.41) is 10.2. The predicted molar refractivity (Wildman–Crippen MR) is 104 cm³/mol. The molecular formula is C22H36O3. The SMILES string of the molecule is C=CC1(C)CCC(C(=C)CCC(OC(C)=O)C(C)(C)O)CC1C(=C)C. The molecule has 0 aliphatic heterocycles. The number of ether oxygens (including phenoxy) is 1. The van der Waals surface area contributed by atoms with Crippen LogP contribution in [-0.2, 0) is 9.53 Å². The maximum Gasteiger partial charge on any atom is 0.303 e. The molecule has 4 unspecified atom stereocenters. The summed E-state index contributed by atoms with van der Waals surface area (Å²) in [7, 11) is 0. The van der Waals surface area contributed by atoms with Crippen LogP contribution in [0.3, 0.4) is 0 Å². The number of aliphatic hydroxyl groups is 1. The number of allylic oxidation sites excluding steroid dienone is 3. The Kier molecular flexibility index (Phi) is 7.25. The number of carbonyl (C=O) groups is 1. The lowest BCUT2D eigenvalue weighted by Gasteiger charge is -2.44. The van der Waals surface area contributed by atoms with Crippen molar-refractivity contribution in [3.63, 3.8) is 0 Å². The largest absolute Gasteiger partial charge is 0.460 e. The minimum absolute atomic E-state index is 0.107. The molecule has 3 heteroatoms. The Hall–Kier alpha value is -1.35. The van der Waals surface area contributed by atoms with Crippen LogP contribution in [0.4, 0.5) is 0 Å². The maximum absolute atomic E-state index is 11.3. The first-order chi connectivity index (χ1) is 11.4. The van der Waals surface area contributed by atoms with Crippen LogP contribution in [0, 0.1) is 17.3 Å². The molecule has 1 saturated carbocycles. The summed E-state index contributed by atoms with van der Waals surface area (Å²) in [5.74, 6) is 0.494. The molecule has 0 aromatic rings. The van der Waals surface area contributed by atoms with Crippen LogP contribution in [-0.4, -0.2) is 22.8 Å². The van der Waals surface area contributed by atoms with Gasteiger partial charge >= 0.3 is 5.97 Å². The standard InChI is InChI=1S/C22H36O3/c1-9-22(8)13-12-18(14-19(22)15(2)3)16(4)10-11-20(21(6,7)24)25-17(5)23/h9,18-20,24H,1-2,4,10-14H2,3,5-8H3. The van der Waals surface area contributed by atoms with Crippen molar-refractivity contribution < 1.29 is 14.6 Å². The van der Waals surface area contributed by atoms with Crippen molar-refractivity contribution in [3.05, 3.63) is 37.0 Å². The minimum atomic E-state index is -1.06. The quantitative estimate of drug-likeness (QED) is 0.484. The van der Waals surface area contributed by atoms with Gasteiger partial charge in [0, 0.05) is 6.92 Å². The molecule has 4 atom stereocenters. The molecule has 0 amide bonds. The third-order valence-electron chi connectivity index (χ3n) is 5.81. The highest BCUT2D eigenvalue weighted by Gasteiger charge is 2.39. The number of carbonyl (C=O) groups excluding carboxylic acids is 1. The van der Waals surface area contributed by atoms with E-state index in [0.717, 1.165) is 25.7 Å². The first-order valence-electron chi connectivity index (χ1n) is 9.27. The third-order valence-corrected chi connectivity index (χ3v) is 5.81. The lowest BCUT2D eigenvalue weighted by Crippen LogP contribution is -2.39. The molecule has 0 aromatic carbocycles. The number of hydrogen-bond acceptors (Lipinski definition) is 3. The van der Waals surface area contributed by atoms with Crippen LogP contribution in [0.25, 0.3) is 0 Å². The highest BCUT2D eigenvalue weighted by atomic mass is 16.6. The predicted octanol–water partition coefficient (Wildman–Crippen LogP) is 5.21. The summed E-state index contributed by atoms with van der Waals surface area (Å²) in [6, 6.07) is 0. The van der Waals surface area contributed by atoms with Crippen molar-refractivity contribution in [2.24, 2.45) is 17.3 Å².